The average molecular weight is 265 g/mol. The Labute approximate surface area is 114 Å². The van der Waals surface area contributed by atoms with Crippen LogP contribution in [0.1, 0.15) is 24.9 Å². The quantitative estimate of drug-likeness (QED) is 0.784. The van der Waals surface area contributed by atoms with E-state index in [1.807, 2.05) is 37.3 Å². The predicted octanol–water partition coefficient (Wildman–Crippen LogP) is 1.50. The topological polar surface area (TPSA) is 50.7 Å². The minimum absolute atomic E-state index is 0.0496. The standard InChI is InChI=1S/C15H23NO3/c1-3-19-14-9-12(15(14)18-2)16-13(10-17)11-7-5-4-6-8-11/h4-8,12-17H,3,9-10H2,1-2H3/t12?,13-,14?,15?/m1/s1. The third-order valence-electron chi connectivity index (χ3n) is 3.70. The van der Waals surface area contributed by atoms with Crippen molar-refractivity contribution < 1.29 is 14.6 Å². The van der Waals surface area contributed by atoms with Gasteiger partial charge < -0.3 is 19.9 Å². The monoisotopic (exact) mass is 265 g/mol. The van der Waals surface area contributed by atoms with Crippen molar-refractivity contribution in [2.75, 3.05) is 20.3 Å². The molecular formula is C15H23NO3. The first kappa shape index (κ1) is 14.5. The van der Waals surface area contributed by atoms with E-state index >= 15 is 0 Å². The minimum Gasteiger partial charge on any atom is -0.394 e. The minimum atomic E-state index is -0.0496. The smallest absolute Gasteiger partial charge is 0.0987 e. The van der Waals surface area contributed by atoms with Crippen molar-refractivity contribution in [3.63, 3.8) is 0 Å². The van der Waals surface area contributed by atoms with Crippen LogP contribution in [-0.4, -0.2) is 43.7 Å². The molecule has 0 spiro atoms. The number of hydrogen-bond acceptors (Lipinski definition) is 4. The van der Waals surface area contributed by atoms with Crippen LogP contribution in [0.4, 0.5) is 0 Å². The Morgan fingerprint density at radius 2 is 2.11 bits per heavy atom. The van der Waals surface area contributed by atoms with Gasteiger partial charge in [0.15, 0.2) is 0 Å². The predicted molar refractivity (Wildman–Crippen MR) is 74.0 cm³/mol. The summed E-state index contributed by atoms with van der Waals surface area (Å²) >= 11 is 0. The van der Waals surface area contributed by atoms with E-state index in [9.17, 15) is 5.11 Å². The summed E-state index contributed by atoms with van der Waals surface area (Å²) in [4.78, 5) is 0. The maximum Gasteiger partial charge on any atom is 0.0987 e. The van der Waals surface area contributed by atoms with Crippen LogP contribution in [0.3, 0.4) is 0 Å². The van der Waals surface area contributed by atoms with Gasteiger partial charge in [-0.15, -0.1) is 0 Å². The Kier molecular flexibility index (Phi) is 5.34. The van der Waals surface area contributed by atoms with E-state index in [0.717, 1.165) is 12.0 Å². The largest absolute Gasteiger partial charge is 0.394 e. The Bertz CT molecular complexity index is 371. The van der Waals surface area contributed by atoms with Crippen LogP contribution >= 0.6 is 0 Å². The molecule has 4 heteroatoms. The summed E-state index contributed by atoms with van der Waals surface area (Å²) in [5.74, 6) is 0. The van der Waals surface area contributed by atoms with E-state index in [-0.39, 0.29) is 30.9 Å². The molecule has 0 amide bonds. The summed E-state index contributed by atoms with van der Waals surface area (Å²) in [6, 6.07) is 10.2. The maximum absolute atomic E-state index is 9.54. The highest BCUT2D eigenvalue weighted by atomic mass is 16.5. The number of benzene rings is 1. The highest BCUT2D eigenvalue weighted by molar-refractivity contribution is 5.19. The average Bonchev–Trinajstić information content (AvgIpc) is 2.43. The van der Waals surface area contributed by atoms with Gasteiger partial charge in [-0.2, -0.15) is 0 Å². The van der Waals surface area contributed by atoms with Crippen LogP contribution < -0.4 is 5.32 Å². The molecule has 0 radical (unpaired) electrons. The van der Waals surface area contributed by atoms with Gasteiger partial charge in [0.1, 0.15) is 0 Å². The molecule has 0 saturated heterocycles. The molecule has 0 bridgehead atoms. The van der Waals surface area contributed by atoms with Crippen molar-refractivity contribution in [3.05, 3.63) is 35.9 Å². The lowest BCUT2D eigenvalue weighted by atomic mass is 9.84. The second kappa shape index (κ2) is 7.01. The first-order chi connectivity index (χ1) is 9.30. The third kappa shape index (κ3) is 3.34. The molecule has 3 unspecified atom stereocenters. The maximum atomic E-state index is 9.54. The number of aliphatic hydroxyl groups excluding tert-OH is 1. The summed E-state index contributed by atoms with van der Waals surface area (Å²) < 4.78 is 11.1. The summed E-state index contributed by atoms with van der Waals surface area (Å²) in [6.07, 6.45) is 1.16. The van der Waals surface area contributed by atoms with E-state index in [0.29, 0.717) is 6.61 Å². The zero-order valence-electron chi connectivity index (χ0n) is 11.6. The highest BCUT2D eigenvalue weighted by Gasteiger charge is 2.42. The highest BCUT2D eigenvalue weighted by Crippen LogP contribution is 2.29. The number of aliphatic hydroxyl groups is 1. The third-order valence-corrected chi connectivity index (χ3v) is 3.70. The second-order valence-corrected chi connectivity index (χ2v) is 4.85. The van der Waals surface area contributed by atoms with Crippen LogP contribution in [0.5, 0.6) is 0 Å². The Morgan fingerprint density at radius 1 is 1.37 bits per heavy atom. The molecule has 2 rings (SSSR count). The zero-order valence-corrected chi connectivity index (χ0v) is 11.6. The van der Waals surface area contributed by atoms with Gasteiger partial charge in [-0.3, -0.25) is 0 Å². The van der Waals surface area contributed by atoms with Gasteiger partial charge in [0.05, 0.1) is 24.9 Å². The van der Waals surface area contributed by atoms with Gasteiger partial charge in [-0.1, -0.05) is 30.3 Å². The number of hydrogen-bond donors (Lipinski definition) is 2. The molecule has 0 heterocycles. The van der Waals surface area contributed by atoms with Crippen molar-refractivity contribution in [2.45, 2.75) is 37.6 Å². The molecule has 1 aromatic carbocycles. The molecule has 1 saturated carbocycles. The molecule has 1 aliphatic rings. The van der Waals surface area contributed by atoms with Crippen LogP contribution in [0.2, 0.25) is 0 Å². The lowest BCUT2D eigenvalue weighted by molar-refractivity contribution is -0.134. The number of ether oxygens (including phenoxy) is 2. The van der Waals surface area contributed by atoms with Crippen molar-refractivity contribution >= 4 is 0 Å². The van der Waals surface area contributed by atoms with Gasteiger partial charge in [0.25, 0.3) is 0 Å². The van der Waals surface area contributed by atoms with E-state index in [4.69, 9.17) is 9.47 Å². The van der Waals surface area contributed by atoms with Crippen molar-refractivity contribution in [3.8, 4) is 0 Å². The summed E-state index contributed by atoms with van der Waals surface area (Å²) in [6.45, 7) is 2.78. The summed E-state index contributed by atoms with van der Waals surface area (Å²) in [7, 11) is 1.71. The Morgan fingerprint density at radius 3 is 2.68 bits per heavy atom. The van der Waals surface area contributed by atoms with Crippen LogP contribution in [0.15, 0.2) is 30.3 Å². The molecule has 1 aromatic rings. The van der Waals surface area contributed by atoms with E-state index < -0.39 is 0 Å². The molecule has 19 heavy (non-hydrogen) atoms. The normalized spacial score (nSPS) is 27.8. The number of nitrogens with one attached hydrogen (secondary N) is 1. The van der Waals surface area contributed by atoms with Gasteiger partial charge >= 0.3 is 0 Å². The zero-order chi connectivity index (χ0) is 13.7. The lowest BCUT2D eigenvalue weighted by Gasteiger charge is -2.44. The molecule has 2 N–H and O–H groups in total. The van der Waals surface area contributed by atoms with Gasteiger partial charge in [0, 0.05) is 19.8 Å². The van der Waals surface area contributed by atoms with Crippen molar-refractivity contribution in [1.82, 2.24) is 5.32 Å². The van der Waals surface area contributed by atoms with Crippen molar-refractivity contribution in [1.29, 1.82) is 0 Å². The molecule has 0 aromatic heterocycles. The Balaban J connectivity index is 1.93. The first-order valence-electron chi connectivity index (χ1n) is 6.86. The fourth-order valence-electron chi connectivity index (χ4n) is 2.64. The van der Waals surface area contributed by atoms with Crippen molar-refractivity contribution in [2.24, 2.45) is 0 Å². The van der Waals surface area contributed by atoms with Gasteiger partial charge in [-0.25, -0.2) is 0 Å². The molecule has 106 valence electrons. The number of methoxy groups -OCH3 is 1. The molecule has 1 aliphatic carbocycles. The van der Waals surface area contributed by atoms with Gasteiger partial charge in [-0.05, 0) is 18.9 Å². The van der Waals surface area contributed by atoms with Gasteiger partial charge in [0.2, 0.25) is 0 Å². The molecule has 4 atom stereocenters. The molecular weight excluding hydrogens is 242 g/mol. The molecule has 4 nitrogen and oxygen atoms in total. The SMILES string of the molecule is CCOC1CC(N[C@H](CO)c2ccccc2)C1OC. The summed E-state index contributed by atoms with van der Waals surface area (Å²) in [5.41, 5.74) is 1.10. The van der Waals surface area contributed by atoms with Crippen LogP contribution in [0, 0.1) is 0 Å². The van der Waals surface area contributed by atoms with E-state index in [2.05, 4.69) is 5.32 Å². The van der Waals surface area contributed by atoms with E-state index in [1.54, 1.807) is 7.11 Å². The summed E-state index contributed by atoms with van der Waals surface area (Å²) in [5, 5.41) is 13.0. The van der Waals surface area contributed by atoms with E-state index in [1.165, 1.54) is 0 Å². The fourth-order valence-corrected chi connectivity index (χ4v) is 2.64. The number of rotatable bonds is 7. The first-order valence-corrected chi connectivity index (χ1v) is 6.86. The molecule has 1 fully saturated rings. The van der Waals surface area contributed by atoms with Crippen LogP contribution in [-0.2, 0) is 9.47 Å². The molecule has 0 aliphatic heterocycles. The fraction of sp³-hybridized carbons (Fsp3) is 0.600. The Hall–Kier alpha value is -0.940. The second-order valence-electron chi connectivity index (χ2n) is 4.85. The van der Waals surface area contributed by atoms with Crippen LogP contribution in [0.25, 0.3) is 0 Å². The lowest BCUT2D eigenvalue weighted by Crippen LogP contribution is -2.60.